The molecule has 0 aliphatic carbocycles. The number of anilines is 6. The summed E-state index contributed by atoms with van der Waals surface area (Å²) in [5, 5.41) is 2.55. The van der Waals surface area contributed by atoms with Gasteiger partial charge in [0.25, 0.3) is 0 Å². The fourth-order valence-corrected chi connectivity index (χ4v) is 6.32. The zero-order valence-electron chi connectivity index (χ0n) is 23.1. The first-order valence-electron chi connectivity index (χ1n) is 14.4. The second kappa shape index (κ2) is 10.1. The van der Waals surface area contributed by atoms with Gasteiger partial charge in [-0.1, -0.05) is 115 Å². The van der Waals surface area contributed by atoms with Crippen molar-refractivity contribution in [3.63, 3.8) is 0 Å². The van der Waals surface area contributed by atoms with Crippen molar-refractivity contribution >= 4 is 44.9 Å². The van der Waals surface area contributed by atoms with Crippen molar-refractivity contribution in [2.45, 2.75) is 0 Å². The third-order valence-electron chi connectivity index (χ3n) is 8.17. The Kier molecular flexibility index (Phi) is 5.82. The van der Waals surface area contributed by atoms with Gasteiger partial charge in [-0.2, -0.15) is 0 Å². The summed E-state index contributed by atoms with van der Waals surface area (Å²) in [6.07, 6.45) is 0. The van der Waals surface area contributed by atoms with Gasteiger partial charge in [0, 0.05) is 33.6 Å². The number of benzene rings is 7. The lowest BCUT2D eigenvalue weighted by molar-refractivity contribution is 1.26. The van der Waals surface area contributed by atoms with Crippen molar-refractivity contribution in [1.29, 1.82) is 0 Å². The van der Waals surface area contributed by atoms with E-state index < -0.39 is 0 Å². The van der Waals surface area contributed by atoms with E-state index in [1.54, 1.807) is 0 Å². The summed E-state index contributed by atoms with van der Waals surface area (Å²) in [6, 6.07) is 60.8. The van der Waals surface area contributed by atoms with E-state index in [-0.39, 0.29) is 0 Å². The lowest BCUT2D eigenvalue weighted by Gasteiger charge is -2.34. The molecule has 0 aromatic heterocycles. The highest BCUT2D eigenvalue weighted by molar-refractivity contribution is 6.13. The highest BCUT2D eigenvalue weighted by Gasteiger charge is 2.26. The third kappa shape index (κ3) is 3.96. The van der Waals surface area contributed by atoms with Crippen LogP contribution < -0.4 is 9.80 Å². The number of hydrogen-bond donors (Lipinski definition) is 0. The molecule has 2 heteroatoms. The number of nitrogens with zero attached hydrogens (tertiary/aromatic N) is 2. The van der Waals surface area contributed by atoms with Crippen LogP contribution in [0.4, 0.5) is 34.1 Å². The van der Waals surface area contributed by atoms with Crippen LogP contribution in [0, 0.1) is 0 Å². The number of hydrogen-bond acceptors (Lipinski definition) is 2. The summed E-state index contributed by atoms with van der Waals surface area (Å²) in [5.41, 5.74) is 11.9. The SMILES string of the molecule is c1ccc(-c2ccccc2N(c2ccccc2)c2ccc(N3c4ccccc4-c4cccc5cccc3c45)cc2)cc1. The van der Waals surface area contributed by atoms with Gasteiger partial charge in [-0.25, -0.2) is 0 Å². The van der Waals surface area contributed by atoms with Crippen LogP contribution in [0.1, 0.15) is 0 Å². The van der Waals surface area contributed by atoms with E-state index in [2.05, 4.69) is 180 Å². The molecule has 7 aromatic rings. The van der Waals surface area contributed by atoms with Crippen LogP contribution in [0.15, 0.2) is 170 Å². The van der Waals surface area contributed by atoms with Crippen LogP contribution in [0.5, 0.6) is 0 Å². The van der Waals surface area contributed by atoms with Gasteiger partial charge in [0.05, 0.1) is 17.1 Å². The summed E-state index contributed by atoms with van der Waals surface area (Å²) in [6.45, 7) is 0. The largest absolute Gasteiger partial charge is 0.310 e. The van der Waals surface area contributed by atoms with Gasteiger partial charge in [-0.3, -0.25) is 0 Å². The Morgan fingerprint density at radius 2 is 0.952 bits per heavy atom. The van der Waals surface area contributed by atoms with Crippen LogP contribution in [-0.2, 0) is 0 Å². The van der Waals surface area contributed by atoms with Crippen molar-refractivity contribution in [3.8, 4) is 22.3 Å². The highest BCUT2D eigenvalue weighted by atomic mass is 15.2. The summed E-state index contributed by atoms with van der Waals surface area (Å²) >= 11 is 0. The maximum absolute atomic E-state index is 2.40. The van der Waals surface area contributed by atoms with Crippen molar-refractivity contribution in [2.24, 2.45) is 0 Å². The Morgan fingerprint density at radius 3 is 1.74 bits per heavy atom. The van der Waals surface area contributed by atoms with E-state index in [0.717, 1.165) is 22.7 Å². The van der Waals surface area contributed by atoms with Crippen LogP contribution in [0.3, 0.4) is 0 Å². The standard InChI is InChI=1S/C40H28N2/c1-3-13-29(14-4-1)34-19-7-9-22-37(34)41(31-17-5-2-6-18-31)32-25-27-33(28-26-32)42-38-23-10-8-20-35(38)36-21-11-15-30-16-12-24-39(42)40(30)36/h1-28H. The van der Waals surface area contributed by atoms with E-state index in [1.807, 2.05) is 0 Å². The average Bonchev–Trinajstić information content (AvgIpc) is 3.07. The molecule has 0 atom stereocenters. The fraction of sp³-hybridized carbons (Fsp3) is 0. The molecular formula is C40H28N2. The van der Waals surface area contributed by atoms with E-state index in [0.29, 0.717) is 0 Å². The Labute approximate surface area is 246 Å². The topological polar surface area (TPSA) is 6.48 Å². The molecule has 0 bridgehead atoms. The normalized spacial score (nSPS) is 11.8. The molecule has 0 N–H and O–H groups in total. The third-order valence-corrected chi connectivity index (χ3v) is 8.17. The first-order chi connectivity index (χ1) is 20.9. The fourth-order valence-electron chi connectivity index (χ4n) is 6.32. The molecule has 1 aliphatic heterocycles. The Balaban J connectivity index is 1.28. The zero-order chi connectivity index (χ0) is 27.9. The van der Waals surface area contributed by atoms with Gasteiger partial charge in [0.1, 0.15) is 0 Å². The lowest BCUT2D eigenvalue weighted by Crippen LogP contribution is -2.15. The second-order valence-corrected chi connectivity index (χ2v) is 10.6. The van der Waals surface area contributed by atoms with E-state index in [4.69, 9.17) is 0 Å². The lowest BCUT2D eigenvalue weighted by atomic mass is 9.91. The Bertz CT molecular complexity index is 2020. The minimum atomic E-state index is 1.11. The summed E-state index contributed by atoms with van der Waals surface area (Å²) in [4.78, 5) is 4.76. The van der Waals surface area contributed by atoms with Gasteiger partial charge in [-0.15, -0.1) is 0 Å². The van der Waals surface area contributed by atoms with Gasteiger partial charge in [0.15, 0.2) is 0 Å². The monoisotopic (exact) mass is 536 g/mol. The zero-order valence-corrected chi connectivity index (χ0v) is 23.1. The quantitative estimate of drug-likeness (QED) is 0.216. The molecule has 0 saturated carbocycles. The molecule has 198 valence electrons. The number of para-hydroxylation sites is 3. The molecule has 0 spiro atoms. The first kappa shape index (κ1) is 24.2. The summed E-state index contributed by atoms with van der Waals surface area (Å²) < 4.78 is 0. The molecular weight excluding hydrogens is 508 g/mol. The molecule has 7 aromatic carbocycles. The van der Waals surface area contributed by atoms with Gasteiger partial charge >= 0.3 is 0 Å². The van der Waals surface area contributed by atoms with Crippen LogP contribution in [0.2, 0.25) is 0 Å². The molecule has 8 rings (SSSR count). The molecule has 1 heterocycles. The van der Waals surface area contributed by atoms with Crippen molar-refractivity contribution < 1.29 is 0 Å². The molecule has 1 aliphatic rings. The summed E-state index contributed by atoms with van der Waals surface area (Å²) in [7, 11) is 0. The van der Waals surface area contributed by atoms with Crippen molar-refractivity contribution in [3.05, 3.63) is 170 Å². The minimum absolute atomic E-state index is 1.11. The molecule has 2 nitrogen and oxygen atoms in total. The Morgan fingerprint density at radius 1 is 0.381 bits per heavy atom. The predicted octanol–water partition coefficient (Wildman–Crippen LogP) is 11.4. The molecule has 42 heavy (non-hydrogen) atoms. The highest BCUT2D eigenvalue weighted by Crippen LogP contribution is 2.51. The van der Waals surface area contributed by atoms with Gasteiger partial charge in [-0.05, 0) is 71.1 Å². The van der Waals surface area contributed by atoms with Crippen molar-refractivity contribution in [1.82, 2.24) is 0 Å². The van der Waals surface area contributed by atoms with Crippen LogP contribution in [-0.4, -0.2) is 0 Å². The maximum Gasteiger partial charge on any atom is 0.0546 e. The van der Waals surface area contributed by atoms with Crippen LogP contribution in [0.25, 0.3) is 33.0 Å². The molecule has 0 radical (unpaired) electrons. The van der Waals surface area contributed by atoms with E-state index in [1.165, 1.54) is 44.4 Å². The number of fused-ring (bicyclic) bond motifs is 2. The minimum Gasteiger partial charge on any atom is -0.310 e. The smallest absolute Gasteiger partial charge is 0.0546 e. The second-order valence-electron chi connectivity index (χ2n) is 10.6. The van der Waals surface area contributed by atoms with Crippen LogP contribution >= 0.6 is 0 Å². The van der Waals surface area contributed by atoms with Gasteiger partial charge < -0.3 is 9.80 Å². The molecule has 0 unspecified atom stereocenters. The first-order valence-corrected chi connectivity index (χ1v) is 14.4. The maximum atomic E-state index is 2.40. The number of rotatable bonds is 5. The van der Waals surface area contributed by atoms with E-state index >= 15 is 0 Å². The molecule has 0 amide bonds. The average molecular weight is 537 g/mol. The molecule has 0 fully saturated rings. The van der Waals surface area contributed by atoms with E-state index in [9.17, 15) is 0 Å². The summed E-state index contributed by atoms with van der Waals surface area (Å²) in [5.74, 6) is 0. The molecule has 0 saturated heterocycles. The predicted molar refractivity (Wildman–Crippen MR) is 178 cm³/mol. The van der Waals surface area contributed by atoms with Crippen molar-refractivity contribution in [2.75, 3.05) is 9.80 Å². The Hall–Kier alpha value is -5.60. The van der Waals surface area contributed by atoms with Gasteiger partial charge in [0.2, 0.25) is 0 Å².